The Kier molecular flexibility index (Phi) is 3.68. The molecule has 0 aromatic carbocycles. The van der Waals surface area contributed by atoms with Crippen molar-refractivity contribution in [2.75, 3.05) is 0 Å². The summed E-state index contributed by atoms with van der Waals surface area (Å²) in [5, 5.41) is 28.6. The quantitative estimate of drug-likeness (QED) is 0.639. The van der Waals surface area contributed by atoms with Crippen LogP contribution in [0.3, 0.4) is 0 Å². The van der Waals surface area contributed by atoms with Crippen LogP contribution in [0.4, 0.5) is 4.79 Å². The maximum Gasteiger partial charge on any atom is 0.405 e. The van der Waals surface area contributed by atoms with Crippen molar-refractivity contribution in [2.24, 2.45) is 0 Å². The van der Waals surface area contributed by atoms with Crippen molar-refractivity contribution in [1.82, 2.24) is 31.0 Å². The van der Waals surface area contributed by atoms with Crippen LogP contribution in [0.15, 0.2) is 24.5 Å². The van der Waals surface area contributed by atoms with E-state index in [4.69, 9.17) is 5.11 Å². The van der Waals surface area contributed by atoms with E-state index in [0.717, 1.165) is 18.4 Å². The zero-order chi connectivity index (χ0) is 16.4. The fraction of sp³-hybridized carbons (Fsp3) is 0.357. The monoisotopic (exact) mass is 316 g/mol. The van der Waals surface area contributed by atoms with Gasteiger partial charge in [-0.25, -0.2) is 4.79 Å². The van der Waals surface area contributed by atoms with E-state index < -0.39 is 17.7 Å². The Morgan fingerprint density at radius 2 is 2.13 bits per heavy atom. The molecule has 1 saturated carbocycles. The van der Waals surface area contributed by atoms with E-state index in [-0.39, 0.29) is 5.91 Å². The van der Waals surface area contributed by atoms with E-state index in [1.165, 1.54) is 6.92 Å². The number of aromatic nitrogens is 4. The summed E-state index contributed by atoms with van der Waals surface area (Å²) in [6.07, 6.45) is 3.63. The van der Waals surface area contributed by atoms with Gasteiger partial charge in [0.25, 0.3) is 0 Å². The van der Waals surface area contributed by atoms with Crippen molar-refractivity contribution in [2.45, 2.75) is 31.3 Å². The predicted octanol–water partition coefficient (Wildman–Crippen LogP) is 0.628. The Morgan fingerprint density at radius 1 is 1.35 bits per heavy atom. The number of aromatic amines is 1. The number of carbonyl (C=O) groups is 2. The van der Waals surface area contributed by atoms with E-state index in [1.807, 2.05) is 12.1 Å². The molecule has 2 aromatic rings. The minimum Gasteiger partial charge on any atom is -0.465 e. The zero-order valence-corrected chi connectivity index (χ0v) is 12.4. The van der Waals surface area contributed by atoms with Gasteiger partial charge in [0.05, 0.1) is 23.1 Å². The number of nitrogens with one attached hydrogen (secondary N) is 3. The number of rotatable bonds is 5. The SMILES string of the molecule is C[C@H](NC(=O)O)C(=O)NC1(c2ccc(-c3cn[nH]c3)nn2)CC1. The van der Waals surface area contributed by atoms with E-state index >= 15 is 0 Å². The first kappa shape index (κ1) is 14.9. The summed E-state index contributed by atoms with van der Waals surface area (Å²) in [6.45, 7) is 1.49. The number of hydrogen-bond donors (Lipinski definition) is 4. The predicted molar refractivity (Wildman–Crippen MR) is 79.3 cm³/mol. The number of carbonyl (C=O) groups excluding carboxylic acids is 1. The first-order valence-corrected chi connectivity index (χ1v) is 7.15. The highest BCUT2D eigenvalue weighted by atomic mass is 16.4. The smallest absolute Gasteiger partial charge is 0.405 e. The summed E-state index contributed by atoms with van der Waals surface area (Å²) in [4.78, 5) is 22.7. The van der Waals surface area contributed by atoms with Crippen LogP contribution in [0, 0.1) is 0 Å². The van der Waals surface area contributed by atoms with Crippen LogP contribution >= 0.6 is 0 Å². The van der Waals surface area contributed by atoms with Crippen molar-refractivity contribution in [3.63, 3.8) is 0 Å². The summed E-state index contributed by atoms with van der Waals surface area (Å²) in [7, 11) is 0. The Morgan fingerprint density at radius 3 is 2.65 bits per heavy atom. The molecule has 23 heavy (non-hydrogen) atoms. The maximum atomic E-state index is 12.1. The van der Waals surface area contributed by atoms with Crippen molar-refractivity contribution in [3.05, 3.63) is 30.2 Å². The van der Waals surface area contributed by atoms with Crippen LogP contribution in [0.2, 0.25) is 0 Å². The summed E-state index contributed by atoms with van der Waals surface area (Å²) >= 11 is 0. The van der Waals surface area contributed by atoms with Gasteiger partial charge in [-0.3, -0.25) is 9.89 Å². The van der Waals surface area contributed by atoms with Crippen molar-refractivity contribution in [1.29, 1.82) is 0 Å². The summed E-state index contributed by atoms with van der Waals surface area (Å²) in [6, 6.07) is 2.80. The van der Waals surface area contributed by atoms with E-state index in [9.17, 15) is 9.59 Å². The Balaban J connectivity index is 1.71. The van der Waals surface area contributed by atoms with Gasteiger partial charge in [0.15, 0.2) is 0 Å². The summed E-state index contributed by atoms with van der Waals surface area (Å²) in [5.41, 5.74) is 1.64. The highest BCUT2D eigenvalue weighted by Crippen LogP contribution is 2.44. The second-order valence-corrected chi connectivity index (χ2v) is 5.53. The van der Waals surface area contributed by atoms with Gasteiger partial charge in [-0.15, -0.1) is 0 Å². The van der Waals surface area contributed by atoms with Crippen molar-refractivity contribution in [3.8, 4) is 11.3 Å². The van der Waals surface area contributed by atoms with Crippen molar-refractivity contribution < 1.29 is 14.7 Å². The molecule has 120 valence electrons. The molecule has 9 nitrogen and oxygen atoms in total. The number of H-pyrrole nitrogens is 1. The fourth-order valence-electron chi connectivity index (χ4n) is 2.30. The van der Waals surface area contributed by atoms with Gasteiger partial charge in [-0.05, 0) is 31.9 Å². The fourth-order valence-corrected chi connectivity index (χ4v) is 2.30. The standard InChI is InChI=1S/C14H16N6O3/c1-8(17-13(22)23)12(21)18-14(4-5-14)11-3-2-10(19-20-11)9-6-15-16-7-9/h2-3,6-8,17H,4-5H2,1H3,(H,15,16)(H,18,21)(H,22,23)/t8-/m0/s1. The van der Waals surface area contributed by atoms with Crippen LogP contribution in [-0.4, -0.2) is 43.5 Å². The second-order valence-electron chi connectivity index (χ2n) is 5.53. The molecular weight excluding hydrogens is 300 g/mol. The third-order valence-electron chi connectivity index (χ3n) is 3.79. The average Bonchev–Trinajstić information content (AvgIpc) is 3.10. The lowest BCUT2D eigenvalue weighted by Crippen LogP contribution is -2.48. The normalized spacial score (nSPS) is 16.4. The Bertz CT molecular complexity index is 709. The van der Waals surface area contributed by atoms with Gasteiger partial charge in [-0.1, -0.05) is 0 Å². The minimum absolute atomic E-state index is 0.384. The molecule has 0 radical (unpaired) electrons. The lowest BCUT2D eigenvalue weighted by atomic mass is 10.1. The van der Waals surface area contributed by atoms with E-state index in [0.29, 0.717) is 11.4 Å². The van der Waals surface area contributed by atoms with Crippen LogP contribution < -0.4 is 10.6 Å². The average molecular weight is 316 g/mol. The van der Waals surface area contributed by atoms with E-state index in [2.05, 4.69) is 31.0 Å². The molecule has 2 aromatic heterocycles. The maximum absolute atomic E-state index is 12.1. The second kappa shape index (κ2) is 5.67. The topological polar surface area (TPSA) is 133 Å². The van der Waals surface area contributed by atoms with Crippen LogP contribution in [0.1, 0.15) is 25.5 Å². The van der Waals surface area contributed by atoms with Gasteiger partial charge in [0, 0.05) is 11.8 Å². The third kappa shape index (κ3) is 3.12. The minimum atomic E-state index is -1.23. The van der Waals surface area contributed by atoms with Crippen LogP contribution in [0.5, 0.6) is 0 Å². The molecule has 0 bridgehead atoms. The van der Waals surface area contributed by atoms with Gasteiger partial charge < -0.3 is 15.7 Å². The van der Waals surface area contributed by atoms with Crippen molar-refractivity contribution >= 4 is 12.0 Å². The molecule has 2 amide bonds. The molecular formula is C14H16N6O3. The molecule has 1 atom stereocenters. The molecule has 0 unspecified atom stereocenters. The van der Waals surface area contributed by atoms with Gasteiger partial charge >= 0.3 is 6.09 Å². The Hall–Kier alpha value is -2.97. The third-order valence-corrected chi connectivity index (χ3v) is 3.79. The number of hydrogen-bond acceptors (Lipinski definition) is 5. The summed E-state index contributed by atoms with van der Waals surface area (Å²) < 4.78 is 0. The lowest BCUT2D eigenvalue weighted by molar-refractivity contribution is -0.123. The highest BCUT2D eigenvalue weighted by Gasteiger charge is 2.48. The lowest BCUT2D eigenvalue weighted by Gasteiger charge is -2.19. The molecule has 4 N–H and O–H groups in total. The molecule has 3 rings (SSSR count). The molecule has 1 aliphatic carbocycles. The Labute approximate surface area is 131 Å². The molecule has 2 heterocycles. The number of nitrogens with zero attached hydrogens (tertiary/aromatic N) is 3. The number of carboxylic acid groups (broad SMARTS) is 1. The molecule has 1 aliphatic rings. The van der Waals surface area contributed by atoms with Gasteiger partial charge in [0.1, 0.15) is 6.04 Å². The van der Waals surface area contributed by atoms with Gasteiger partial charge in [-0.2, -0.15) is 15.3 Å². The largest absolute Gasteiger partial charge is 0.465 e. The van der Waals surface area contributed by atoms with E-state index in [1.54, 1.807) is 12.4 Å². The highest BCUT2D eigenvalue weighted by molar-refractivity contribution is 5.85. The van der Waals surface area contributed by atoms with Gasteiger partial charge in [0.2, 0.25) is 5.91 Å². The molecule has 9 heteroatoms. The summed E-state index contributed by atoms with van der Waals surface area (Å²) in [5.74, 6) is -0.384. The zero-order valence-electron chi connectivity index (χ0n) is 12.4. The molecule has 1 fully saturated rings. The van der Waals surface area contributed by atoms with Crippen LogP contribution in [-0.2, 0) is 10.3 Å². The molecule has 0 saturated heterocycles. The number of amides is 2. The van der Waals surface area contributed by atoms with Crippen LogP contribution in [0.25, 0.3) is 11.3 Å². The first-order chi connectivity index (χ1) is 11.0. The molecule has 0 aliphatic heterocycles. The molecule has 0 spiro atoms. The first-order valence-electron chi connectivity index (χ1n) is 7.15.